The molecular formula is C18H29N3O6. The van der Waals surface area contributed by atoms with E-state index < -0.39 is 29.9 Å². The molecule has 0 aliphatic rings. The summed E-state index contributed by atoms with van der Waals surface area (Å²) in [7, 11) is 0. The van der Waals surface area contributed by atoms with Gasteiger partial charge >= 0.3 is 11.9 Å². The highest BCUT2D eigenvalue weighted by molar-refractivity contribution is 5.95. The standard InChI is InChI=1S/C18H29N3O6/c1-5-25-15(22)8-7-13(18(24)26-6-2)20-16(23)14-10-27-17(21-14)12(19)9-11(3)4/h10-13H,5-9,19H2,1-4H3,(H,20,23). The first-order valence-electron chi connectivity index (χ1n) is 9.12. The maximum atomic E-state index is 12.4. The molecule has 1 amide bonds. The summed E-state index contributed by atoms with van der Waals surface area (Å²) in [5.41, 5.74) is 6.00. The molecule has 1 heterocycles. The first-order chi connectivity index (χ1) is 12.8. The molecule has 2 atom stereocenters. The van der Waals surface area contributed by atoms with E-state index in [1.165, 1.54) is 6.26 Å². The second kappa shape index (κ2) is 11.3. The Morgan fingerprint density at radius 1 is 1.22 bits per heavy atom. The van der Waals surface area contributed by atoms with Crippen LogP contribution in [-0.2, 0) is 19.1 Å². The molecule has 0 aliphatic carbocycles. The molecule has 1 aromatic heterocycles. The van der Waals surface area contributed by atoms with Crippen LogP contribution in [-0.4, -0.2) is 42.1 Å². The van der Waals surface area contributed by atoms with Gasteiger partial charge in [-0.15, -0.1) is 0 Å². The van der Waals surface area contributed by atoms with E-state index in [1.54, 1.807) is 13.8 Å². The van der Waals surface area contributed by atoms with Gasteiger partial charge in [-0.05, 0) is 32.6 Å². The van der Waals surface area contributed by atoms with Crippen molar-refractivity contribution in [2.24, 2.45) is 11.7 Å². The van der Waals surface area contributed by atoms with E-state index >= 15 is 0 Å². The Labute approximate surface area is 159 Å². The predicted octanol–water partition coefficient (Wildman–Crippen LogP) is 1.73. The Balaban J connectivity index is 2.76. The highest BCUT2D eigenvalue weighted by Crippen LogP contribution is 2.18. The van der Waals surface area contributed by atoms with Crippen LogP contribution >= 0.6 is 0 Å². The van der Waals surface area contributed by atoms with Crippen molar-refractivity contribution in [2.45, 2.75) is 59.0 Å². The van der Waals surface area contributed by atoms with Crippen LogP contribution in [0.4, 0.5) is 0 Å². The quantitative estimate of drug-likeness (QED) is 0.552. The van der Waals surface area contributed by atoms with Gasteiger partial charge in [0.15, 0.2) is 5.69 Å². The lowest BCUT2D eigenvalue weighted by Gasteiger charge is -2.16. The monoisotopic (exact) mass is 383 g/mol. The molecule has 9 heteroatoms. The van der Waals surface area contributed by atoms with Crippen molar-refractivity contribution in [2.75, 3.05) is 13.2 Å². The van der Waals surface area contributed by atoms with Crippen molar-refractivity contribution in [3.8, 4) is 0 Å². The van der Waals surface area contributed by atoms with Crippen LogP contribution in [0.25, 0.3) is 0 Å². The van der Waals surface area contributed by atoms with Crippen molar-refractivity contribution in [3.05, 3.63) is 17.8 Å². The molecule has 0 radical (unpaired) electrons. The fraction of sp³-hybridized carbons (Fsp3) is 0.667. The van der Waals surface area contributed by atoms with Crippen molar-refractivity contribution in [3.63, 3.8) is 0 Å². The Hall–Kier alpha value is -2.42. The van der Waals surface area contributed by atoms with Crippen LogP contribution in [0, 0.1) is 5.92 Å². The Kier molecular flexibility index (Phi) is 9.49. The average Bonchev–Trinajstić information content (AvgIpc) is 3.08. The minimum absolute atomic E-state index is 0.00893. The van der Waals surface area contributed by atoms with Gasteiger partial charge in [0.1, 0.15) is 12.3 Å². The summed E-state index contributed by atoms with van der Waals surface area (Å²) < 4.78 is 15.1. The van der Waals surface area contributed by atoms with E-state index in [0.717, 1.165) is 0 Å². The number of oxazole rings is 1. The lowest BCUT2D eigenvalue weighted by Crippen LogP contribution is -2.42. The fourth-order valence-corrected chi connectivity index (χ4v) is 2.39. The summed E-state index contributed by atoms with van der Waals surface area (Å²) in [5, 5.41) is 2.52. The average molecular weight is 383 g/mol. The third-order valence-corrected chi connectivity index (χ3v) is 3.62. The second-order valence-electron chi connectivity index (χ2n) is 6.43. The van der Waals surface area contributed by atoms with Crippen LogP contribution < -0.4 is 11.1 Å². The number of nitrogens with zero attached hydrogens (tertiary/aromatic N) is 1. The van der Waals surface area contributed by atoms with Crippen LogP contribution in [0.3, 0.4) is 0 Å². The van der Waals surface area contributed by atoms with Gasteiger partial charge in [0.25, 0.3) is 5.91 Å². The number of aromatic nitrogens is 1. The number of amides is 1. The summed E-state index contributed by atoms with van der Waals surface area (Å²) in [5.74, 6) is -1.09. The zero-order chi connectivity index (χ0) is 20.4. The highest BCUT2D eigenvalue weighted by atomic mass is 16.5. The minimum atomic E-state index is -0.994. The van der Waals surface area contributed by atoms with Crippen molar-refractivity contribution < 1.29 is 28.3 Å². The summed E-state index contributed by atoms with van der Waals surface area (Å²) in [6.45, 7) is 7.78. The number of ether oxygens (including phenoxy) is 2. The zero-order valence-corrected chi connectivity index (χ0v) is 16.3. The maximum Gasteiger partial charge on any atom is 0.328 e. The van der Waals surface area contributed by atoms with E-state index in [-0.39, 0.29) is 37.6 Å². The lowest BCUT2D eigenvalue weighted by atomic mass is 10.0. The van der Waals surface area contributed by atoms with E-state index in [2.05, 4.69) is 10.3 Å². The number of hydrogen-bond donors (Lipinski definition) is 2. The molecule has 9 nitrogen and oxygen atoms in total. The SMILES string of the molecule is CCOC(=O)CCC(NC(=O)c1coc(C(N)CC(C)C)n1)C(=O)OCC. The fourth-order valence-electron chi connectivity index (χ4n) is 2.39. The Bertz CT molecular complexity index is 628. The van der Waals surface area contributed by atoms with Gasteiger partial charge in [-0.25, -0.2) is 9.78 Å². The van der Waals surface area contributed by atoms with Crippen LogP contribution in [0.2, 0.25) is 0 Å². The van der Waals surface area contributed by atoms with E-state index in [4.69, 9.17) is 19.6 Å². The number of carbonyl (C=O) groups excluding carboxylic acids is 3. The normalized spacial score (nSPS) is 13.1. The topological polar surface area (TPSA) is 134 Å². The molecule has 2 unspecified atom stereocenters. The largest absolute Gasteiger partial charge is 0.466 e. The van der Waals surface area contributed by atoms with Crippen LogP contribution in [0.15, 0.2) is 10.7 Å². The number of esters is 2. The molecule has 0 aromatic carbocycles. The number of hydrogen-bond acceptors (Lipinski definition) is 8. The summed E-state index contributed by atoms with van der Waals surface area (Å²) in [6.07, 6.45) is 1.88. The summed E-state index contributed by atoms with van der Waals surface area (Å²) >= 11 is 0. The van der Waals surface area contributed by atoms with Gasteiger partial charge in [0.05, 0.1) is 19.3 Å². The molecule has 0 bridgehead atoms. The second-order valence-corrected chi connectivity index (χ2v) is 6.43. The summed E-state index contributed by atoms with van der Waals surface area (Å²) in [6, 6.07) is -1.41. The molecule has 0 spiro atoms. The Morgan fingerprint density at radius 2 is 1.89 bits per heavy atom. The number of rotatable bonds is 11. The third kappa shape index (κ3) is 7.78. The molecule has 0 aliphatic heterocycles. The van der Waals surface area contributed by atoms with Gasteiger partial charge in [0, 0.05) is 6.42 Å². The lowest BCUT2D eigenvalue weighted by molar-refractivity contribution is -0.146. The van der Waals surface area contributed by atoms with Crippen molar-refractivity contribution in [1.29, 1.82) is 0 Å². The first kappa shape index (κ1) is 22.6. The van der Waals surface area contributed by atoms with Crippen molar-refractivity contribution in [1.82, 2.24) is 10.3 Å². The predicted molar refractivity (Wildman–Crippen MR) is 96.6 cm³/mol. The van der Waals surface area contributed by atoms with Crippen molar-refractivity contribution >= 4 is 17.8 Å². The van der Waals surface area contributed by atoms with Gasteiger partial charge in [-0.3, -0.25) is 9.59 Å². The Morgan fingerprint density at radius 3 is 2.48 bits per heavy atom. The number of nitrogens with two attached hydrogens (primary N) is 1. The molecule has 27 heavy (non-hydrogen) atoms. The molecule has 0 saturated heterocycles. The molecule has 0 fully saturated rings. The van der Waals surface area contributed by atoms with Gasteiger partial charge in [-0.1, -0.05) is 13.8 Å². The van der Waals surface area contributed by atoms with Gasteiger partial charge in [0.2, 0.25) is 5.89 Å². The van der Waals surface area contributed by atoms with E-state index in [0.29, 0.717) is 12.3 Å². The molecular weight excluding hydrogens is 354 g/mol. The van der Waals surface area contributed by atoms with Gasteiger partial charge < -0.3 is 24.9 Å². The smallest absolute Gasteiger partial charge is 0.328 e. The van der Waals surface area contributed by atoms with E-state index in [9.17, 15) is 14.4 Å². The number of nitrogens with one attached hydrogen (secondary N) is 1. The van der Waals surface area contributed by atoms with Crippen LogP contribution in [0.5, 0.6) is 0 Å². The van der Waals surface area contributed by atoms with Crippen LogP contribution in [0.1, 0.15) is 69.4 Å². The molecule has 152 valence electrons. The maximum absolute atomic E-state index is 12.4. The van der Waals surface area contributed by atoms with E-state index in [1.807, 2.05) is 13.8 Å². The van der Waals surface area contributed by atoms with Gasteiger partial charge in [-0.2, -0.15) is 0 Å². The first-order valence-corrected chi connectivity index (χ1v) is 9.12. The molecule has 3 N–H and O–H groups in total. The molecule has 0 saturated carbocycles. The zero-order valence-electron chi connectivity index (χ0n) is 16.3. The molecule has 1 aromatic rings. The summed E-state index contributed by atoms with van der Waals surface area (Å²) in [4.78, 5) is 40.1. The number of carbonyl (C=O) groups is 3. The highest BCUT2D eigenvalue weighted by Gasteiger charge is 2.26. The third-order valence-electron chi connectivity index (χ3n) is 3.62. The molecule has 1 rings (SSSR count). The minimum Gasteiger partial charge on any atom is -0.466 e.